The molecule has 3 heterocycles. The largest absolute Gasteiger partial charge is 0.321 e. The first kappa shape index (κ1) is 32.6. The van der Waals surface area contributed by atoms with Gasteiger partial charge >= 0.3 is 0 Å². The van der Waals surface area contributed by atoms with Gasteiger partial charge in [0.25, 0.3) is 5.92 Å². The molecule has 44 heavy (non-hydrogen) atoms. The second-order valence-electron chi connectivity index (χ2n) is 11.8. The van der Waals surface area contributed by atoms with Gasteiger partial charge < -0.3 is 11.1 Å². The lowest BCUT2D eigenvalue weighted by Crippen LogP contribution is -2.57. The van der Waals surface area contributed by atoms with E-state index in [4.69, 9.17) is 17.3 Å². The summed E-state index contributed by atoms with van der Waals surface area (Å²) in [6.45, 7) is 1.64. The maximum atomic E-state index is 15.2. The number of rotatable bonds is 10. The average Bonchev–Trinajstić information content (AvgIpc) is 3.09. The molecular weight excluding hydrogens is 613 g/mol. The Kier molecular flexibility index (Phi) is 9.81. The topological polar surface area (TPSA) is 105 Å². The van der Waals surface area contributed by atoms with Crippen molar-refractivity contribution < 1.29 is 26.4 Å². The third-order valence-corrected chi connectivity index (χ3v) is 10.8. The molecule has 2 saturated heterocycles. The van der Waals surface area contributed by atoms with Crippen molar-refractivity contribution in [2.24, 2.45) is 5.73 Å². The average molecular weight is 649 g/mol. The van der Waals surface area contributed by atoms with Crippen molar-refractivity contribution in [1.82, 2.24) is 14.6 Å². The molecule has 7 nitrogen and oxygen atoms in total. The number of carbonyl (C=O) groups is 1. The number of nitrogens with one attached hydrogen (secondary N) is 1. The molecule has 2 fully saturated rings. The molecule has 2 aliphatic heterocycles. The highest BCUT2D eigenvalue weighted by Gasteiger charge is 2.38. The Morgan fingerprint density at radius 3 is 2.57 bits per heavy atom. The Labute approximate surface area is 261 Å². The van der Waals surface area contributed by atoms with E-state index in [1.165, 1.54) is 30.5 Å². The number of sulfonamides is 1. The van der Waals surface area contributed by atoms with Crippen LogP contribution in [-0.4, -0.2) is 60.5 Å². The van der Waals surface area contributed by atoms with Crippen molar-refractivity contribution in [3.63, 3.8) is 0 Å². The number of halogens is 4. The van der Waals surface area contributed by atoms with Crippen LogP contribution in [0, 0.1) is 5.82 Å². The highest BCUT2D eigenvalue weighted by molar-refractivity contribution is 7.89. The van der Waals surface area contributed by atoms with E-state index in [1.807, 2.05) is 0 Å². The molecule has 0 spiro atoms. The second kappa shape index (κ2) is 13.3. The van der Waals surface area contributed by atoms with Crippen molar-refractivity contribution in [3.05, 3.63) is 99.6 Å². The lowest BCUT2D eigenvalue weighted by Gasteiger charge is -2.37. The molecule has 236 valence electrons. The summed E-state index contributed by atoms with van der Waals surface area (Å²) in [7, 11) is -3.40. The molecule has 0 saturated carbocycles. The first-order valence-electron chi connectivity index (χ1n) is 14.7. The van der Waals surface area contributed by atoms with Crippen LogP contribution in [0.25, 0.3) is 0 Å². The number of hydrogen-bond donors (Lipinski definition) is 2. The Morgan fingerprint density at radius 2 is 1.89 bits per heavy atom. The molecule has 0 aliphatic carbocycles. The molecule has 2 bridgehead atoms. The van der Waals surface area contributed by atoms with Gasteiger partial charge in [-0.1, -0.05) is 41.9 Å². The van der Waals surface area contributed by atoms with Crippen LogP contribution >= 0.6 is 11.6 Å². The molecule has 12 heteroatoms. The van der Waals surface area contributed by atoms with E-state index in [9.17, 15) is 22.0 Å². The predicted molar refractivity (Wildman–Crippen MR) is 164 cm³/mol. The van der Waals surface area contributed by atoms with Gasteiger partial charge in [-0.3, -0.25) is 9.78 Å². The van der Waals surface area contributed by atoms with Crippen molar-refractivity contribution in [3.8, 4) is 0 Å². The molecule has 2 aromatic carbocycles. The molecule has 0 amide bonds. The Morgan fingerprint density at radius 1 is 1.16 bits per heavy atom. The van der Waals surface area contributed by atoms with Gasteiger partial charge in [-0.05, 0) is 72.2 Å². The third kappa shape index (κ3) is 7.34. The SMILES string of the molecule is CC(F)(F)c1ccc([C@H](c2ccc(Cl)cc2)[C@H](N)C(=O)Cc2cccc(F)c2CC[C@H]2CN[C@@H]3CCCS(=O)(=O)N2C3)cn1. The molecule has 5 rings (SSSR count). The van der Waals surface area contributed by atoms with Crippen molar-refractivity contribution in [1.29, 1.82) is 0 Å². The summed E-state index contributed by atoms with van der Waals surface area (Å²) in [6, 6.07) is 12.7. The maximum Gasteiger partial charge on any atom is 0.286 e. The number of fused-ring (bicyclic) bond motifs is 2. The summed E-state index contributed by atoms with van der Waals surface area (Å²) >= 11 is 6.08. The molecule has 1 unspecified atom stereocenters. The van der Waals surface area contributed by atoms with Crippen molar-refractivity contribution in [2.75, 3.05) is 18.8 Å². The van der Waals surface area contributed by atoms with Crippen LogP contribution in [0.5, 0.6) is 0 Å². The van der Waals surface area contributed by atoms with E-state index in [-0.39, 0.29) is 36.5 Å². The first-order valence-corrected chi connectivity index (χ1v) is 16.7. The monoisotopic (exact) mass is 648 g/mol. The maximum absolute atomic E-state index is 15.2. The van der Waals surface area contributed by atoms with Gasteiger partial charge in [0, 0.05) is 55.7 Å². The summed E-state index contributed by atoms with van der Waals surface area (Å²) in [5.74, 6) is -4.60. The number of carbonyl (C=O) groups excluding carboxylic acids is 1. The number of piperazine rings is 1. The molecule has 0 radical (unpaired) electrons. The van der Waals surface area contributed by atoms with E-state index in [0.717, 1.165) is 13.3 Å². The summed E-state index contributed by atoms with van der Waals surface area (Å²) in [6.07, 6.45) is 3.16. The van der Waals surface area contributed by atoms with Gasteiger partial charge in [0.1, 0.15) is 11.5 Å². The third-order valence-electron chi connectivity index (χ3n) is 8.63. The fourth-order valence-electron chi connectivity index (χ4n) is 6.22. The van der Waals surface area contributed by atoms with Gasteiger partial charge in [0.15, 0.2) is 5.78 Å². The van der Waals surface area contributed by atoms with E-state index in [1.54, 1.807) is 34.6 Å². The zero-order chi connectivity index (χ0) is 31.6. The van der Waals surface area contributed by atoms with Crippen molar-refractivity contribution in [2.45, 2.75) is 69.0 Å². The minimum atomic E-state index is -3.40. The Bertz CT molecular complexity index is 1580. The van der Waals surface area contributed by atoms with Gasteiger partial charge in [0.05, 0.1) is 11.8 Å². The van der Waals surface area contributed by atoms with Crippen LogP contribution in [0.2, 0.25) is 5.02 Å². The minimum Gasteiger partial charge on any atom is -0.321 e. The lowest BCUT2D eigenvalue weighted by atomic mass is 9.82. The molecular formula is C32H36ClF3N4O3S. The first-order chi connectivity index (χ1) is 20.8. The predicted octanol–water partition coefficient (Wildman–Crippen LogP) is 4.96. The minimum absolute atomic E-state index is 0.104. The van der Waals surface area contributed by atoms with Crippen LogP contribution < -0.4 is 11.1 Å². The zero-order valence-electron chi connectivity index (χ0n) is 24.4. The smallest absolute Gasteiger partial charge is 0.286 e. The summed E-state index contributed by atoms with van der Waals surface area (Å²) in [5, 5.41) is 3.90. The molecule has 5 atom stereocenters. The number of ketones is 1. The fraction of sp³-hybridized carbons (Fsp3) is 0.438. The molecule has 1 aromatic heterocycles. The number of pyridine rings is 1. The Hall–Kier alpha value is -2.83. The zero-order valence-corrected chi connectivity index (χ0v) is 25.9. The summed E-state index contributed by atoms with van der Waals surface area (Å²) < 4.78 is 70.2. The van der Waals surface area contributed by atoms with Gasteiger partial charge in [0.2, 0.25) is 10.0 Å². The second-order valence-corrected chi connectivity index (χ2v) is 14.2. The van der Waals surface area contributed by atoms with E-state index in [2.05, 4.69) is 10.3 Å². The fourth-order valence-corrected chi connectivity index (χ4v) is 8.16. The molecule has 3 aromatic rings. The van der Waals surface area contributed by atoms with Crippen LogP contribution in [0.1, 0.15) is 60.1 Å². The molecule has 3 N–H and O–H groups in total. The number of aromatic nitrogens is 1. The van der Waals surface area contributed by atoms with Crippen LogP contribution in [-0.2, 0) is 33.6 Å². The number of Topliss-reactive ketones (excluding diaryl/α,β-unsaturated/α-hetero) is 1. The van der Waals surface area contributed by atoms with Crippen LogP contribution in [0.15, 0.2) is 60.8 Å². The number of alkyl halides is 2. The quantitative estimate of drug-likeness (QED) is 0.322. The van der Waals surface area contributed by atoms with Crippen LogP contribution in [0.4, 0.5) is 13.2 Å². The van der Waals surface area contributed by atoms with E-state index < -0.39 is 39.4 Å². The normalized spacial score (nSPS) is 23.0. The summed E-state index contributed by atoms with van der Waals surface area (Å²) in [5.41, 5.74) is 8.12. The molecule has 2 aliphatic rings. The van der Waals surface area contributed by atoms with Crippen LogP contribution in [0.3, 0.4) is 0 Å². The number of benzene rings is 2. The van der Waals surface area contributed by atoms with E-state index >= 15 is 4.39 Å². The lowest BCUT2D eigenvalue weighted by molar-refractivity contribution is -0.119. The number of nitrogens with zero attached hydrogens (tertiary/aromatic N) is 2. The van der Waals surface area contributed by atoms with Gasteiger partial charge in [-0.2, -0.15) is 13.1 Å². The number of hydrogen-bond acceptors (Lipinski definition) is 6. The summed E-state index contributed by atoms with van der Waals surface area (Å²) in [4.78, 5) is 17.6. The van der Waals surface area contributed by atoms with Gasteiger partial charge in [-0.15, -0.1) is 0 Å². The Balaban J connectivity index is 1.37. The number of nitrogens with two attached hydrogens (primary N) is 1. The van der Waals surface area contributed by atoms with Crippen molar-refractivity contribution >= 4 is 27.4 Å². The standard InChI is InChI=1S/C32H36ClF3N4O3S/c1-32(35,36)29-14-9-22(17-39-29)30(20-7-10-23(33)11-8-20)31(37)28(41)16-21-4-2-6-27(34)26(21)13-12-25-18-38-24-5-3-15-44(42,43)40(25)19-24/h2,4,6-11,14,17,24-25,30-31,38H,3,5,12-13,15-16,18-19,37H2,1H3/t24-,25+,30+,31-/m1/s1. The van der Waals surface area contributed by atoms with Gasteiger partial charge in [-0.25, -0.2) is 12.8 Å². The van der Waals surface area contributed by atoms with E-state index in [0.29, 0.717) is 53.2 Å². The highest BCUT2D eigenvalue weighted by atomic mass is 35.5. The highest BCUT2D eigenvalue weighted by Crippen LogP contribution is 2.32.